The van der Waals surface area contributed by atoms with E-state index in [0.29, 0.717) is 35.2 Å². The molecule has 1 aliphatic carbocycles. The maximum atomic E-state index is 13.1. The van der Waals surface area contributed by atoms with Crippen molar-refractivity contribution in [3.63, 3.8) is 0 Å². The summed E-state index contributed by atoms with van der Waals surface area (Å²) in [4.78, 5) is 13.1. The molecule has 5 nitrogen and oxygen atoms in total. The van der Waals surface area contributed by atoms with Crippen molar-refractivity contribution in [2.45, 2.75) is 29.3 Å². The van der Waals surface area contributed by atoms with Crippen LogP contribution in [0.2, 0.25) is 0 Å². The van der Waals surface area contributed by atoms with Crippen LogP contribution in [0.1, 0.15) is 27.0 Å². The van der Waals surface area contributed by atoms with E-state index in [-0.39, 0.29) is 10.3 Å². The van der Waals surface area contributed by atoms with Crippen LogP contribution >= 0.6 is 11.3 Å². The van der Waals surface area contributed by atoms with Crippen LogP contribution < -0.4 is 10.0 Å². The third kappa shape index (κ3) is 5.46. The van der Waals surface area contributed by atoms with Crippen LogP contribution in [-0.2, 0) is 29.0 Å². The quantitative estimate of drug-likeness (QED) is 0.308. The highest BCUT2D eigenvalue weighted by atomic mass is 32.2. The van der Waals surface area contributed by atoms with E-state index in [2.05, 4.69) is 10.0 Å². The van der Waals surface area contributed by atoms with Crippen molar-refractivity contribution < 1.29 is 26.4 Å². The Balaban J connectivity index is 1.31. The predicted octanol–water partition coefficient (Wildman–Crippen LogP) is 6.13. The third-order valence-corrected chi connectivity index (χ3v) is 9.09. The topological polar surface area (TPSA) is 75.3 Å². The van der Waals surface area contributed by atoms with Gasteiger partial charge in [-0.25, -0.2) is 13.1 Å². The minimum Gasteiger partial charge on any atom is -0.322 e. The first-order chi connectivity index (χ1) is 17.6. The molecule has 10 heteroatoms. The molecule has 0 bridgehead atoms. The van der Waals surface area contributed by atoms with E-state index in [4.69, 9.17) is 0 Å². The Morgan fingerprint density at radius 3 is 2.32 bits per heavy atom. The van der Waals surface area contributed by atoms with E-state index in [0.717, 1.165) is 34.6 Å². The molecule has 0 fully saturated rings. The molecule has 0 spiro atoms. The van der Waals surface area contributed by atoms with E-state index < -0.39 is 27.7 Å². The highest BCUT2D eigenvalue weighted by molar-refractivity contribution is 7.91. The van der Waals surface area contributed by atoms with Gasteiger partial charge in [-0.05, 0) is 76.9 Å². The lowest BCUT2D eigenvalue weighted by Crippen LogP contribution is -2.34. The first-order valence-electron chi connectivity index (χ1n) is 11.4. The molecular weight excluding hydrogens is 521 g/mol. The summed E-state index contributed by atoms with van der Waals surface area (Å²) < 4.78 is 67.0. The molecule has 0 radical (unpaired) electrons. The number of hydrogen-bond donors (Lipinski definition) is 2. The number of rotatable bonds is 6. The number of carbonyl (C=O) groups is 1. The van der Waals surface area contributed by atoms with Crippen molar-refractivity contribution in [2.24, 2.45) is 0 Å². The van der Waals surface area contributed by atoms with Crippen LogP contribution in [0.15, 0.2) is 88.5 Å². The number of thiophene rings is 1. The fraction of sp³-hybridized carbons (Fsp3) is 0.148. The molecule has 1 atom stereocenters. The first-order valence-corrected chi connectivity index (χ1v) is 13.7. The number of sulfonamides is 1. The smallest absolute Gasteiger partial charge is 0.322 e. The zero-order chi connectivity index (χ0) is 26.2. The van der Waals surface area contributed by atoms with Crippen LogP contribution in [-0.4, -0.2) is 20.4 Å². The Morgan fingerprint density at radius 1 is 0.892 bits per heavy atom. The summed E-state index contributed by atoms with van der Waals surface area (Å²) in [5.41, 5.74) is 3.06. The van der Waals surface area contributed by atoms with Gasteiger partial charge in [0, 0.05) is 17.3 Å². The van der Waals surface area contributed by atoms with E-state index in [9.17, 15) is 26.4 Å². The number of benzene rings is 3. The number of fused-ring (bicyclic) bond motifs is 1. The summed E-state index contributed by atoms with van der Waals surface area (Å²) in [5, 5.41) is 4.57. The van der Waals surface area contributed by atoms with Crippen molar-refractivity contribution in [1.29, 1.82) is 0 Å². The number of halogens is 3. The molecule has 0 saturated carbocycles. The molecule has 4 aromatic rings. The maximum Gasteiger partial charge on any atom is 0.416 e. The largest absolute Gasteiger partial charge is 0.416 e. The van der Waals surface area contributed by atoms with Crippen LogP contribution in [0, 0.1) is 0 Å². The van der Waals surface area contributed by atoms with Gasteiger partial charge < -0.3 is 5.32 Å². The van der Waals surface area contributed by atoms with Gasteiger partial charge in [-0.3, -0.25) is 4.79 Å². The van der Waals surface area contributed by atoms with Gasteiger partial charge in [0.15, 0.2) is 0 Å². The zero-order valence-electron chi connectivity index (χ0n) is 19.2. The number of alkyl halides is 3. The highest BCUT2D eigenvalue weighted by Crippen LogP contribution is 2.32. The zero-order valence-corrected chi connectivity index (χ0v) is 20.9. The van der Waals surface area contributed by atoms with Gasteiger partial charge in [0.05, 0.1) is 5.56 Å². The van der Waals surface area contributed by atoms with Crippen molar-refractivity contribution in [3.05, 3.63) is 106 Å². The van der Waals surface area contributed by atoms with Gasteiger partial charge in [0.2, 0.25) is 10.0 Å². The fourth-order valence-corrected chi connectivity index (χ4v) is 6.69. The summed E-state index contributed by atoms with van der Waals surface area (Å²) in [6.45, 7) is 0. The van der Waals surface area contributed by atoms with Crippen LogP contribution in [0.25, 0.3) is 11.1 Å². The Kier molecular flexibility index (Phi) is 6.65. The number of carbonyl (C=O) groups excluding carboxylic acids is 1. The molecule has 1 aliphatic rings. The molecule has 1 unspecified atom stereocenters. The second-order valence-corrected chi connectivity index (χ2v) is 11.6. The molecule has 0 aliphatic heterocycles. The van der Waals surface area contributed by atoms with Crippen LogP contribution in [0.3, 0.4) is 0 Å². The molecule has 3 aromatic carbocycles. The van der Waals surface area contributed by atoms with E-state index >= 15 is 0 Å². The number of anilines is 1. The maximum absolute atomic E-state index is 13.1. The average Bonchev–Trinajstić information content (AvgIpc) is 3.53. The van der Waals surface area contributed by atoms with E-state index in [1.807, 2.05) is 12.1 Å². The lowest BCUT2D eigenvalue weighted by molar-refractivity contribution is -0.137. The van der Waals surface area contributed by atoms with E-state index in [1.165, 1.54) is 12.1 Å². The Bertz CT molecular complexity index is 1550. The molecule has 5 rings (SSSR count). The predicted molar refractivity (Wildman–Crippen MR) is 137 cm³/mol. The van der Waals surface area contributed by atoms with Gasteiger partial charge in [-0.1, -0.05) is 42.5 Å². The molecular formula is C27H21F3N2O3S2. The monoisotopic (exact) mass is 542 g/mol. The van der Waals surface area contributed by atoms with Crippen LogP contribution in [0.5, 0.6) is 0 Å². The van der Waals surface area contributed by atoms with Crippen molar-refractivity contribution in [3.8, 4) is 11.1 Å². The third-order valence-electron chi connectivity index (χ3n) is 6.17. The summed E-state index contributed by atoms with van der Waals surface area (Å²) in [5.74, 6) is -0.400. The minimum atomic E-state index is -4.44. The normalized spacial score (nSPS) is 15.4. The average molecular weight is 543 g/mol. The fourth-order valence-electron chi connectivity index (χ4n) is 4.44. The summed E-state index contributed by atoms with van der Waals surface area (Å²) in [6.07, 6.45) is -3.40. The van der Waals surface area contributed by atoms with E-state index in [1.54, 1.807) is 47.8 Å². The van der Waals surface area contributed by atoms with Crippen molar-refractivity contribution in [1.82, 2.24) is 4.72 Å². The van der Waals surface area contributed by atoms with Gasteiger partial charge >= 0.3 is 6.18 Å². The van der Waals surface area contributed by atoms with Crippen LogP contribution in [0.4, 0.5) is 18.9 Å². The SMILES string of the molecule is O=C(Nc1ccc2c(c1)CC(NS(=O)(=O)c1cccs1)C2)c1ccccc1-c1ccc(C(F)(F)F)cc1. The van der Waals surface area contributed by atoms with Gasteiger partial charge in [0.1, 0.15) is 4.21 Å². The second kappa shape index (κ2) is 9.77. The van der Waals surface area contributed by atoms with Gasteiger partial charge in [-0.2, -0.15) is 13.2 Å². The highest BCUT2D eigenvalue weighted by Gasteiger charge is 2.30. The molecule has 1 heterocycles. The standard InChI is InChI=1S/C27H21F3N2O3S2/c28-27(29,30)20-10-7-17(8-11-20)23-4-1-2-5-24(23)26(33)31-21-12-9-18-14-22(16-19(18)15-21)32-37(34,35)25-6-3-13-36-25/h1-13,15,22,32H,14,16H2,(H,31,33). The van der Waals surface area contributed by atoms with Crippen molar-refractivity contribution >= 4 is 33.0 Å². The molecule has 1 aromatic heterocycles. The molecule has 2 N–H and O–H groups in total. The molecule has 37 heavy (non-hydrogen) atoms. The summed E-state index contributed by atoms with van der Waals surface area (Å²) in [7, 11) is -3.59. The summed E-state index contributed by atoms with van der Waals surface area (Å²) in [6, 6.07) is 19.8. The Hall–Kier alpha value is -3.47. The number of nitrogens with one attached hydrogen (secondary N) is 2. The van der Waals surface area contributed by atoms with Gasteiger partial charge in [-0.15, -0.1) is 11.3 Å². The lowest BCUT2D eigenvalue weighted by atomic mass is 9.98. The van der Waals surface area contributed by atoms with Gasteiger partial charge in [0.25, 0.3) is 5.91 Å². The summed E-state index contributed by atoms with van der Waals surface area (Å²) >= 11 is 1.16. The Labute approximate surface area is 216 Å². The molecule has 1 amide bonds. The number of amides is 1. The minimum absolute atomic E-state index is 0.267. The lowest BCUT2D eigenvalue weighted by Gasteiger charge is -2.12. The second-order valence-electron chi connectivity index (χ2n) is 8.72. The molecule has 0 saturated heterocycles. The van der Waals surface area contributed by atoms with Crippen molar-refractivity contribution in [2.75, 3.05) is 5.32 Å². The number of hydrogen-bond acceptors (Lipinski definition) is 4. The Morgan fingerprint density at radius 2 is 1.62 bits per heavy atom. The molecule has 190 valence electrons. The first kappa shape index (κ1) is 25.2.